The minimum absolute atomic E-state index is 0.0844. The molecule has 0 unspecified atom stereocenters. The molecule has 1 heterocycles. The Kier molecular flexibility index (Phi) is 6.28. The lowest BCUT2D eigenvalue weighted by atomic mass is 10.2. The van der Waals surface area contributed by atoms with Gasteiger partial charge in [0.25, 0.3) is 5.91 Å². The largest absolute Gasteiger partial charge is 0.325 e. The van der Waals surface area contributed by atoms with Crippen LogP contribution in [-0.2, 0) is 4.79 Å². The third-order valence-corrected chi connectivity index (χ3v) is 4.37. The van der Waals surface area contributed by atoms with E-state index < -0.39 is 11.7 Å². The highest BCUT2D eigenvalue weighted by Crippen LogP contribution is 2.17. The van der Waals surface area contributed by atoms with E-state index in [0.29, 0.717) is 10.7 Å². The molecule has 0 saturated heterocycles. The normalized spacial score (nSPS) is 10.4. The van der Waals surface area contributed by atoms with Gasteiger partial charge in [0.15, 0.2) is 5.82 Å². The summed E-state index contributed by atoms with van der Waals surface area (Å²) >= 11 is 1.15. The van der Waals surface area contributed by atoms with Gasteiger partial charge in [-0.05, 0) is 54.6 Å². The van der Waals surface area contributed by atoms with Gasteiger partial charge in [-0.2, -0.15) is 0 Å². The van der Waals surface area contributed by atoms with E-state index in [1.165, 1.54) is 48.5 Å². The minimum atomic E-state index is -0.510. The smallest absolute Gasteiger partial charge is 0.256 e. The quantitative estimate of drug-likeness (QED) is 0.616. The van der Waals surface area contributed by atoms with Crippen molar-refractivity contribution in [3.05, 3.63) is 77.9 Å². The second-order valence-corrected chi connectivity index (χ2v) is 6.56. The number of carbonyl (C=O) groups excluding carboxylic acids is 2. The summed E-state index contributed by atoms with van der Waals surface area (Å²) in [7, 11) is 0. The van der Waals surface area contributed by atoms with E-state index in [1.54, 1.807) is 6.07 Å². The van der Waals surface area contributed by atoms with Crippen LogP contribution in [0.15, 0.2) is 65.7 Å². The van der Waals surface area contributed by atoms with E-state index in [2.05, 4.69) is 20.8 Å². The molecular weight excluding hydrogens is 386 g/mol. The van der Waals surface area contributed by atoms with Crippen molar-refractivity contribution in [2.75, 3.05) is 16.4 Å². The summed E-state index contributed by atoms with van der Waals surface area (Å²) in [6.45, 7) is 0. The first kappa shape index (κ1) is 19.4. The van der Waals surface area contributed by atoms with Gasteiger partial charge in [0.2, 0.25) is 5.91 Å². The lowest BCUT2D eigenvalue weighted by molar-refractivity contribution is -0.113. The van der Waals surface area contributed by atoms with E-state index in [-0.39, 0.29) is 28.9 Å². The zero-order chi connectivity index (χ0) is 19.9. The molecule has 2 N–H and O–H groups in total. The lowest BCUT2D eigenvalue weighted by Crippen LogP contribution is -2.14. The van der Waals surface area contributed by atoms with Crippen LogP contribution in [-0.4, -0.2) is 27.8 Å². The Morgan fingerprint density at radius 2 is 1.68 bits per heavy atom. The van der Waals surface area contributed by atoms with E-state index in [0.717, 1.165) is 17.8 Å². The van der Waals surface area contributed by atoms with Crippen molar-refractivity contribution in [2.45, 2.75) is 5.03 Å². The number of hydrogen-bond acceptors (Lipinski definition) is 5. The number of amides is 2. The SMILES string of the molecule is O=C(CSc1ccc(NC(=O)c2cccc(F)c2)nn1)Nc1ccc(F)cc1. The number of nitrogens with one attached hydrogen (secondary N) is 2. The highest BCUT2D eigenvalue weighted by molar-refractivity contribution is 7.99. The first-order valence-electron chi connectivity index (χ1n) is 8.08. The van der Waals surface area contributed by atoms with Gasteiger partial charge in [-0.3, -0.25) is 9.59 Å². The predicted molar refractivity (Wildman–Crippen MR) is 102 cm³/mol. The van der Waals surface area contributed by atoms with Crippen molar-refractivity contribution in [2.24, 2.45) is 0 Å². The maximum atomic E-state index is 13.2. The Balaban J connectivity index is 1.50. The molecule has 0 radical (unpaired) electrons. The molecule has 9 heteroatoms. The third-order valence-electron chi connectivity index (χ3n) is 3.45. The summed E-state index contributed by atoms with van der Waals surface area (Å²) in [5.41, 5.74) is 0.659. The van der Waals surface area contributed by atoms with E-state index >= 15 is 0 Å². The van der Waals surface area contributed by atoms with E-state index in [1.807, 2.05) is 0 Å². The number of halogens is 2. The average molecular weight is 400 g/mol. The molecule has 2 amide bonds. The van der Waals surface area contributed by atoms with Crippen molar-refractivity contribution >= 4 is 35.1 Å². The van der Waals surface area contributed by atoms with Crippen LogP contribution >= 0.6 is 11.8 Å². The highest BCUT2D eigenvalue weighted by Gasteiger charge is 2.09. The van der Waals surface area contributed by atoms with Gasteiger partial charge in [0, 0.05) is 11.3 Å². The lowest BCUT2D eigenvalue weighted by Gasteiger charge is -2.06. The molecule has 0 aliphatic heterocycles. The molecule has 0 aliphatic carbocycles. The molecule has 142 valence electrons. The maximum Gasteiger partial charge on any atom is 0.256 e. The molecule has 0 atom stereocenters. The molecular formula is C19H14F2N4O2S. The standard InChI is InChI=1S/C19H14F2N4O2S/c20-13-4-6-15(7-5-13)22-17(26)11-28-18-9-8-16(24-25-18)23-19(27)12-2-1-3-14(21)10-12/h1-10H,11H2,(H,22,26)(H,23,24,27). The highest BCUT2D eigenvalue weighted by atomic mass is 32.2. The van der Waals surface area contributed by atoms with E-state index in [4.69, 9.17) is 0 Å². The fraction of sp³-hybridized carbons (Fsp3) is 0.0526. The van der Waals surface area contributed by atoms with Gasteiger partial charge < -0.3 is 10.6 Å². The molecule has 3 aromatic rings. The van der Waals surface area contributed by atoms with Crippen LogP contribution in [0.4, 0.5) is 20.3 Å². The maximum absolute atomic E-state index is 13.2. The van der Waals surface area contributed by atoms with Crippen LogP contribution in [0.25, 0.3) is 0 Å². The zero-order valence-corrected chi connectivity index (χ0v) is 15.2. The minimum Gasteiger partial charge on any atom is -0.325 e. The molecule has 0 spiro atoms. The summed E-state index contributed by atoms with van der Waals surface area (Å²) < 4.78 is 26.0. The summed E-state index contributed by atoms with van der Waals surface area (Å²) in [5, 5.41) is 13.4. The number of rotatable bonds is 6. The second kappa shape index (κ2) is 9.05. The first-order valence-corrected chi connectivity index (χ1v) is 9.07. The summed E-state index contributed by atoms with van der Waals surface area (Å²) in [4.78, 5) is 23.9. The number of carbonyl (C=O) groups is 2. The summed E-state index contributed by atoms with van der Waals surface area (Å²) in [6.07, 6.45) is 0. The van der Waals surface area contributed by atoms with Gasteiger partial charge in [-0.1, -0.05) is 17.8 Å². The van der Waals surface area contributed by atoms with Crippen LogP contribution in [0.5, 0.6) is 0 Å². The molecule has 0 bridgehead atoms. The Bertz CT molecular complexity index is 982. The van der Waals surface area contributed by atoms with Gasteiger partial charge in [-0.25, -0.2) is 8.78 Å². The average Bonchev–Trinajstić information content (AvgIpc) is 2.69. The molecule has 0 aliphatic rings. The topological polar surface area (TPSA) is 84.0 Å². The molecule has 0 saturated carbocycles. The van der Waals surface area contributed by atoms with Crippen molar-refractivity contribution in [3.8, 4) is 0 Å². The number of nitrogens with zero attached hydrogens (tertiary/aromatic N) is 2. The van der Waals surface area contributed by atoms with Crippen LogP contribution in [0.1, 0.15) is 10.4 Å². The Hall–Kier alpha value is -3.33. The molecule has 1 aromatic heterocycles. The number of aromatic nitrogens is 2. The Morgan fingerprint density at radius 3 is 2.36 bits per heavy atom. The van der Waals surface area contributed by atoms with Crippen molar-refractivity contribution in [1.29, 1.82) is 0 Å². The zero-order valence-electron chi connectivity index (χ0n) is 14.4. The number of thioether (sulfide) groups is 1. The summed E-state index contributed by atoms with van der Waals surface area (Å²) in [6, 6.07) is 13.9. The van der Waals surface area contributed by atoms with Crippen LogP contribution < -0.4 is 10.6 Å². The van der Waals surface area contributed by atoms with Crippen molar-refractivity contribution < 1.29 is 18.4 Å². The monoisotopic (exact) mass is 400 g/mol. The number of anilines is 2. The summed E-state index contributed by atoms with van der Waals surface area (Å²) in [5.74, 6) is -1.39. The van der Waals surface area contributed by atoms with Gasteiger partial charge in [0.1, 0.15) is 16.7 Å². The third kappa shape index (κ3) is 5.58. The number of hydrogen-bond donors (Lipinski definition) is 2. The second-order valence-electron chi connectivity index (χ2n) is 5.57. The van der Waals surface area contributed by atoms with Gasteiger partial charge in [0.05, 0.1) is 5.75 Å². The predicted octanol–water partition coefficient (Wildman–Crippen LogP) is 3.74. The fourth-order valence-electron chi connectivity index (χ4n) is 2.15. The molecule has 6 nitrogen and oxygen atoms in total. The Labute approximate surface area is 163 Å². The van der Waals surface area contributed by atoms with Crippen LogP contribution in [0.3, 0.4) is 0 Å². The van der Waals surface area contributed by atoms with Gasteiger partial charge >= 0.3 is 0 Å². The van der Waals surface area contributed by atoms with E-state index in [9.17, 15) is 18.4 Å². The van der Waals surface area contributed by atoms with Gasteiger partial charge in [-0.15, -0.1) is 10.2 Å². The fourth-order valence-corrected chi connectivity index (χ4v) is 2.77. The molecule has 0 fully saturated rings. The number of benzene rings is 2. The van der Waals surface area contributed by atoms with Crippen molar-refractivity contribution in [1.82, 2.24) is 10.2 Å². The Morgan fingerprint density at radius 1 is 0.893 bits per heavy atom. The molecule has 28 heavy (non-hydrogen) atoms. The molecule has 3 rings (SSSR count). The van der Waals surface area contributed by atoms with Crippen LogP contribution in [0, 0.1) is 11.6 Å². The van der Waals surface area contributed by atoms with Crippen LogP contribution in [0.2, 0.25) is 0 Å². The first-order chi connectivity index (χ1) is 13.5. The molecule has 2 aromatic carbocycles. The van der Waals surface area contributed by atoms with Crippen molar-refractivity contribution in [3.63, 3.8) is 0 Å².